The van der Waals surface area contributed by atoms with Crippen LogP contribution in [0.25, 0.3) is 0 Å². The maximum Gasteiger partial charge on any atom is 0.171 e. The molecule has 0 aliphatic carbocycles. The molecule has 2 aromatic rings. The standard InChI is InChI=1S/C14H17N5S/c1-2-15-14(20)19-13-8-12(17-10-18-13)16-9-11-6-4-3-5-7-11/h3-8,10H,2,9H2,1H3,(H3,15,16,17,18,19,20). The third-order valence-electron chi connectivity index (χ3n) is 2.56. The Kier molecular flexibility index (Phi) is 5.25. The molecule has 0 atom stereocenters. The molecule has 3 N–H and O–H groups in total. The Morgan fingerprint density at radius 1 is 1.15 bits per heavy atom. The molecule has 0 spiro atoms. The van der Waals surface area contributed by atoms with Gasteiger partial charge in [-0.1, -0.05) is 30.3 Å². The van der Waals surface area contributed by atoms with Gasteiger partial charge in [0.2, 0.25) is 0 Å². The van der Waals surface area contributed by atoms with Crippen molar-refractivity contribution in [3.05, 3.63) is 48.3 Å². The van der Waals surface area contributed by atoms with E-state index >= 15 is 0 Å². The molecule has 0 aliphatic heterocycles. The lowest BCUT2D eigenvalue weighted by Gasteiger charge is -2.09. The van der Waals surface area contributed by atoms with Crippen molar-refractivity contribution in [2.24, 2.45) is 0 Å². The summed E-state index contributed by atoms with van der Waals surface area (Å²) in [5.74, 6) is 1.42. The highest BCUT2D eigenvalue weighted by atomic mass is 32.1. The zero-order chi connectivity index (χ0) is 14.2. The van der Waals surface area contributed by atoms with Gasteiger partial charge in [-0.15, -0.1) is 0 Å². The van der Waals surface area contributed by atoms with Crippen molar-refractivity contribution in [3.63, 3.8) is 0 Å². The molecule has 20 heavy (non-hydrogen) atoms. The number of nitrogens with zero attached hydrogens (tertiary/aromatic N) is 2. The van der Waals surface area contributed by atoms with E-state index in [1.165, 1.54) is 11.9 Å². The lowest BCUT2D eigenvalue weighted by Crippen LogP contribution is -2.28. The number of rotatable bonds is 5. The molecule has 1 aromatic carbocycles. The van der Waals surface area contributed by atoms with E-state index in [0.29, 0.717) is 10.9 Å². The fourth-order valence-corrected chi connectivity index (χ4v) is 1.88. The van der Waals surface area contributed by atoms with Crippen LogP contribution in [0.5, 0.6) is 0 Å². The molecule has 0 saturated carbocycles. The van der Waals surface area contributed by atoms with Gasteiger partial charge < -0.3 is 16.0 Å². The van der Waals surface area contributed by atoms with Crippen molar-refractivity contribution in [3.8, 4) is 0 Å². The van der Waals surface area contributed by atoms with E-state index in [9.17, 15) is 0 Å². The second kappa shape index (κ2) is 7.40. The summed E-state index contributed by atoms with van der Waals surface area (Å²) in [6, 6.07) is 12.0. The fourth-order valence-electron chi connectivity index (χ4n) is 1.63. The molecule has 0 radical (unpaired) electrons. The summed E-state index contributed by atoms with van der Waals surface area (Å²) in [6.07, 6.45) is 1.50. The van der Waals surface area contributed by atoms with Gasteiger partial charge in [0.1, 0.15) is 18.0 Å². The van der Waals surface area contributed by atoms with Crippen LogP contribution in [-0.2, 0) is 6.54 Å². The first-order valence-corrected chi connectivity index (χ1v) is 6.83. The summed E-state index contributed by atoms with van der Waals surface area (Å²) in [5.41, 5.74) is 1.20. The SMILES string of the molecule is CCNC(=S)Nc1cc(NCc2ccccc2)ncn1. The normalized spacial score (nSPS) is 9.85. The highest BCUT2D eigenvalue weighted by Gasteiger charge is 2.00. The van der Waals surface area contributed by atoms with Crippen molar-refractivity contribution in [1.82, 2.24) is 15.3 Å². The van der Waals surface area contributed by atoms with Crippen molar-refractivity contribution in [1.29, 1.82) is 0 Å². The minimum Gasteiger partial charge on any atom is -0.366 e. The van der Waals surface area contributed by atoms with E-state index in [0.717, 1.165) is 18.9 Å². The number of thiocarbonyl (C=S) groups is 1. The maximum absolute atomic E-state index is 5.12. The van der Waals surface area contributed by atoms with Crippen LogP contribution >= 0.6 is 12.2 Å². The molecule has 0 aliphatic rings. The van der Waals surface area contributed by atoms with E-state index < -0.39 is 0 Å². The number of anilines is 2. The third-order valence-corrected chi connectivity index (χ3v) is 2.81. The molecular weight excluding hydrogens is 270 g/mol. The number of hydrogen-bond acceptors (Lipinski definition) is 4. The van der Waals surface area contributed by atoms with Crippen LogP contribution in [0.15, 0.2) is 42.7 Å². The zero-order valence-electron chi connectivity index (χ0n) is 11.3. The van der Waals surface area contributed by atoms with Gasteiger partial charge in [-0.3, -0.25) is 0 Å². The van der Waals surface area contributed by atoms with Crippen LogP contribution in [0.2, 0.25) is 0 Å². The summed E-state index contributed by atoms with van der Waals surface area (Å²) in [4.78, 5) is 8.31. The van der Waals surface area contributed by atoms with Gasteiger partial charge in [0.05, 0.1) is 0 Å². The van der Waals surface area contributed by atoms with Gasteiger partial charge in [0.15, 0.2) is 5.11 Å². The minimum absolute atomic E-state index is 0.556. The molecule has 0 amide bonds. The van der Waals surface area contributed by atoms with Crippen LogP contribution in [0, 0.1) is 0 Å². The Morgan fingerprint density at radius 2 is 1.90 bits per heavy atom. The lowest BCUT2D eigenvalue weighted by molar-refractivity contribution is 0.977. The molecule has 0 fully saturated rings. The predicted octanol–water partition coefficient (Wildman–Crippen LogP) is 2.40. The van der Waals surface area contributed by atoms with E-state index in [1.54, 1.807) is 0 Å². The molecule has 0 saturated heterocycles. The molecule has 6 heteroatoms. The first kappa shape index (κ1) is 14.2. The topological polar surface area (TPSA) is 61.9 Å². The van der Waals surface area contributed by atoms with E-state index in [4.69, 9.17) is 12.2 Å². The second-order valence-corrected chi connectivity index (χ2v) is 4.52. The minimum atomic E-state index is 0.556. The quantitative estimate of drug-likeness (QED) is 0.734. The van der Waals surface area contributed by atoms with Crippen LogP contribution < -0.4 is 16.0 Å². The molecular formula is C14H17N5S. The molecule has 0 unspecified atom stereocenters. The monoisotopic (exact) mass is 287 g/mol. The second-order valence-electron chi connectivity index (χ2n) is 4.11. The molecule has 0 bridgehead atoms. The summed E-state index contributed by atoms with van der Waals surface area (Å²) >= 11 is 5.12. The summed E-state index contributed by atoms with van der Waals surface area (Å²) in [7, 11) is 0. The van der Waals surface area contributed by atoms with Gasteiger partial charge in [-0.05, 0) is 24.7 Å². The first-order valence-electron chi connectivity index (χ1n) is 6.42. The highest BCUT2D eigenvalue weighted by molar-refractivity contribution is 7.80. The predicted molar refractivity (Wildman–Crippen MR) is 85.7 cm³/mol. The Morgan fingerprint density at radius 3 is 2.65 bits per heavy atom. The number of hydrogen-bond donors (Lipinski definition) is 3. The Bertz CT molecular complexity index is 559. The van der Waals surface area contributed by atoms with E-state index in [-0.39, 0.29) is 0 Å². The molecule has 104 valence electrons. The van der Waals surface area contributed by atoms with Gasteiger partial charge in [-0.25, -0.2) is 9.97 Å². The van der Waals surface area contributed by atoms with Crippen molar-refractivity contribution in [2.45, 2.75) is 13.5 Å². The van der Waals surface area contributed by atoms with Gasteiger partial charge >= 0.3 is 0 Å². The van der Waals surface area contributed by atoms with Crippen molar-refractivity contribution in [2.75, 3.05) is 17.2 Å². The molecule has 1 aromatic heterocycles. The first-order chi connectivity index (χ1) is 9.78. The fraction of sp³-hybridized carbons (Fsp3) is 0.214. The Labute approximate surface area is 123 Å². The van der Waals surface area contributed by atoms with Crippen LogP contribution in [-0.4, -0.2) is 21.6 Å². The average Bonchev–Trinajstić information content (AvgIpc) is 2.47. The van der Waals surface area contributed by atoms with Gasteiger partial charge in [0.25, 0.3) is 0 Å². The Balaban J connectivity index is 1.94. The zero-order valence-corrected chi connectivity index (χ0v) is 12.1. The Hall–Kier alpha value is -2.21. The van der Waals surface area contributed by atoms with Crippen molar-refractivity contribution >= 4 is 29.0 Å². The van der Waals surface area contributed by atoms with Crippen LogP contribution in [0.1, 0.15) is 12.5 Å². The van der Waals surface area contributed by atoms with Gasteiger partial charge in [0, 0.05) is 19.2 Å². The van der Waals surface area contributed by atoms with E-state index in [1.807, 2.05) is 31.2 Å². The summed E-state index contributed by atoms with van der Waals surface area (Å²) in [6.45, 7) is 3.48. The van der Waals surface area contributed by atoms with Gasteiger partial charge in [-0.2, -0.15) is 0 Å². The van der Waals surface area contributed by atoms with Crippen LogP contribution in [0.4, 0.5) is 11.6 Å². The van der Waals surface area contributed by atoms with Crippen molar-refractivity contribution < 1.29 is 0 Å². The van der Waals surface area contributed by atoms with E-state index in [2.05, 4.69) is 38.1 Å². The third kappa shape index (κ3) is 4.47. The molecule has 5 nitrogen and oxygen atoms in total. The smallest absolute Gasteiger partial charge is 0.171 e. The van der Waals surface area contributed by atoms with Crippen LogP contribution in [0.3, 0.4) is 0 Å². The largest absolute Gasteiger partial charge is 0.366 e. The molecule has 2 rings (SSSR count). The average molecular weight is 287 g/mol. The lowest BCUT2D eigenvalue weighted by atomic mass is 10.2. The molecule has 1 heterocycles. The maximum atomic E-state index is 5.12. The summed E-state index contributed by atoms with van der Waals surface area (Å²) in [5, 5.41) is 9.83. The number of benzene rings is 1. The highest BCUT2D eigenvalue weighted by Crippen LogP contribution is 2.10. The number of aromatic nitrogens is 2. The summed E-state index contributed by atoms with van der Waals surface area (Å²) < 4.78 is 0. The number of nitrogens with one attached hydrogen (secondary N) is 3.